The molecule has 0 radical (unpaired) electrons. The number of benzene rings is 1. The Morgan fingerprint density at radius 3 is 2.43 bits per heavy atom. The summed E-state index contributed by atoms with van der Waals surface area (Å²) in [5.74, 6) is 2.49. The molecule has 0 aliphatic carbocycles. The minimum atomic E-state index is -0.110. The van der Waals surface area contributed by atoms with Crippen LogP contribution in [0.4, 0.5) is 5.82 Å². The van der Waals surface area contributed by atoms with E-state index in [1.165, 1.54) is 0 Å². The Morgan fingerprint density at radius 1 is 1.04 bits per heavy atom. The lowest BCUT2D eigenvalue weighted by Crippen LogP contribution is -2.17. The lowest BCUT2D eigenvalue weighted by atomic mass is 9.96. The van der Waals surface area contributed by atoms with Gasteiger partial charge in [0.05, 0.1) is 7.11 Å². The van der Waals surface area contributed by atoms with Crippen LogP contribution in [0.25, 0.3) is 5.65 Å². The van der Waals surface area contributed by atoms with Gasteiger partial charge in [-0.25, -0.2) is 0 Å². The minimum absolute atomic E-state index is 0.110. The van der Waals surface area contributed by atoms with E-state index in [0.717, 1.165) is 28.6 Å². The van der Waals surface area contributed by atoms with Gasteiger partial charge in [0.25, 0.3) is 0 Å². The van der Waals surface area contributed by atoms with Gasteiger partial charge in [0.2, 0.25) is 0 Å². The van der Waals surface area contributed by atoms with Crippen molar-refractivity contribution in [2.45, 2.75) is 32.7 Å². The number of fused-ring (bicyclic) bond motifs is 1. The summed E-state index contributed by atoms with van der Waals surface area (Å²) in [7, 11) is 1.67. The molecule has 120 valence electrons. The molecule has 0 atom stereocenters. The quantitative estimate of drug-likeness (QED) is 0.802. The molecule has 1 N–H and O–H groups in total. The number of anilines is 1. The highest BCUT2D eigenvalue weighted by atomic mass is 16.5. The van der Waals surface area contributed by atoms with Crippen molar-refractivity contribution in [2.24, 2.45) is 0 Å². The first kappa shape index (κ1) is 15.3. The average Bonchev–Trinajstić information content (AvgIpc) is 2.96. The van der Waals surface area contributed by atoms with E-state index in [0.29, 0.717) is 6.54 Å². The molecule has 0 fully saturated rings. The molecule has 2 aromatic heterocycles. The molecule has 6 heteroatoms. The summed E-state index contributed by atoms with van der Waals surface area (Å²) in [6.07, 6.45) is 0. The molecular weight excluding hydrogens is 290 g/mol. The van der Waals surface area contributed by atoms with Crippen LogP contribution in [-0.2, 0) is 12.0 Å². The Balaban J connectivity index is 1.80. The topological polar surface area (TPSA) is 64.3 Å². The number of nitrogens with zero attached hydrogens (tertiary/aromatic N) is 4. The van der Waals surface area contributed by atoms with Gasteiger partial charge < -0.3 is 10.1 Å². The molecule has 0 amide bonds. The summed E-state index contributed by atoms with van der Waals surface area (Å²) < 4.78 is 6.97. The van der Waals surface area contributed by atoms with Crippen molar-refractivity contribution in [2.75, 3.05) is 12.4 Å². The first-order valence-electron chi connectivity index (χ1n) is 7.57. The summed E-state index contributed by atoms with van der Waals surface area (Å²) in [5, 5.41) is 16.4. The number of rotatable bonds is 4. The second kappa shape index (κ2) is 5.87. The van der Waals surface area contributed by atoms with Crippen molar-refractivity contribution < 1.29 is 4.74 Å². The molecule has 0 saturated carbocycles. The van der Waals surface area contributed by atoms with Crippen molar-refractivity contribution >= 4 is 11.5 Å². The van der Waals surface area contributed by atoms with Crippen LogP contribution in [0.15, 0.2) is 36.4 Å². The molecule has 0 bridgehead atoms. The van der Waals surface area contributed by atoms with Gasteiger partial charge in [0.15, 0.2) is 11.5 Å². The van der Waals surface area contributed by atoms with E-state index in [1.54, 1.807) is 11.6 Å². The SMILES string of the molecule is COc1ccc(CNc2ccc3nnc(C(C)(C)C)n3n2)cc1. The second-order valence-corrected chi connectivity index (χ2v) is 6.46. The van der Waals surface area contributed by atoms with Crippen LogP contribution >= 0.6 is 0 Å². The largest absolute Gasteiger partial charge is 0.497 e. The van der Waals surface area contributed by atoms with E-state index in [9.17, 15) is 0 Å². The zero-order valence-corrected chi connectivity index (χ0v) is 13.9. The molecule has 3 aromatic rings. The predicted octanol–water partition coefficient (Wildman–Crippen LogP) is 3.04. The van der Waals surface area contributed by atoms with Crippen LogP contribution in [-0.4, -0.2) is 26.9 Å². The van der Waals surface area contributed by atoms with Gasteiger partial charge in [-0.15, -0.1) is 15.3 Å². The van der Waals surface area contributed by atoms with E-state index in [-0.39, 0.29) is 5.41 Å². The van der Waals surface area contributed by atoms with E-state index < -0.39 is 0 Å². The average molecular weight is 311 g/mol. The van der Waals surface area contributed by atoms with Crippen LogP contribution in [0.1, 0.15) is 32.2 Å². The Labute approximate surface area is 135 Å². The van der Waals surface area contributed by atoms with E-state index in [2.05, 4.69) is 41.4 Å². The first-order valence-corrected chi connectivity index (χ1v) is 7.57. The van der Waals surface area contributed by atoms with Crippen molar-refractivity contribution in [3.05, 3.63) is 47.8 Å². The molecule has 0 aliphatic heterocycles. The summed E-state index contributed by atoms with van der Waals surface area (Å²) in [5.41, 5.74) is 1.80. The molecule has 2 heterocycles. The summed E-state index contributed by atoms with van der Waals surface area (Å²) in [6, 6.07) is 11.8. The molecule has 0 unspecified atom stereocenters. The summed E-state index contributed by atoms with van der Waals surface area (Å²) in [4.78, 5) is 0. The number of methoxy groups -OCH3 is 1. The van der Waals surface area contributed by atoms with Gasteiger partial charge in [-0.3, -0.25) is 0 Å². The minimum Gasteiger partial charge on any atom is -0.497 e. The molecule has 3 rings (SSSR count). The zero-order chi connectivity index (χ0) is 16.4. The fourth-order valence-electron chi connectivity index (χ4n) is 2.29. The number of hydrogen-bond donors (Lipinski definition) is 1. The predicted molar refractivity (Wildman–Crippen MR) is 89.8 cm³/mol. The maximum absolute atomic E-state index is 5.17. The third-order valence-electron chi connectivity index (χ3n) is 3.57. The molecule has 0 saturated heterocycles. The van der Waals surface area contributed by atoms with Gasteiger partial charge in [-0.2, -0.15) is 4.52 Å². The van der Waals surface area contributed by atoms with E-state index in [4.69, 9.17) is 4.74 Å². The monoisotopic (exact) mass is 311 g/mol. The Hall–Kier alpha value is -2.63. The molecule has 23 heavy (non-hydrogen) atoms. The van der Waals surface area contributed by atoms with E-state index in [1.807, 2.05) is 36.4 Å². The van der Waals surface area contributed by atoms with Crippen LogP contribution in [0.3, 0.4) is 0 Å². The third kappa shape index (κ3) is 3.26. The van der Waals surface area contributed by atoms with Crippen LogP contribution in [0.5, 0.6) is 5.75 Å². The molecule has 1 aromatic carbocycles. The molecule has 6 nitrogen and oxygen atoms in total. The maximum Gasteiger partial charge on any atom is 0.178 e. The van der Waals surface area contributed by atoms with Crippen molar-refractivity contribution in [1.29, 1.82) is 0 Å². The lowest BCUT2D eigenvalue weighted by Gasteiger charge is -2.15. The van der Waals surface area contributed by atoms with Crippen molar-refractivity contribution in [3.63, 3.8) is 0 Å². The first-order chi connectivity index (χ1) is 11.0. The highest BCUT2D eigenvalue weighted by molar-refractivity contribution is 5.45. The highest BCUT2D eigenvalue weighted by Gasteiger charge is 2.21. The van der Waals surface area contributed by atoms with Gasteiger partial charge in [0.1, 0.15) is 11.6 Å². The van der Waals surface area contributed by atoms with E-state index >= 15 is 0 Å². The van der Waals surface area contributed by atoms with Crippen LogP contribution in [0.2, 0.25) is 0 Å². The standard InChI is InChI=1S/C17H21N5O/c1-17(2,3)16-20-19-15-10-9-14(21-22(15)16)18-11-12-5-7-13(23-4)8-6-12/h5-10H,11H2,1-4H3,(H,18,21). The second-order valence-electron chi connectivity index (χ2n) is 6.46. The highest BCUT2D eigenvalue weighted by Crippen LogP contribution is 2.21. The number of ether oxygens (including phenoxy) is 1. The normalized spacial score (nSPS) is 11.7. The fourth-order valence-corrected chi connectivity index (χ4v) is 2.29. The van der Waals surface area contributed by atoms with Crippen molar-refractivity contribution in [3.8, 4) is 5.75 Å². The summed E-state index contributed by atoms with van der Waals surface area (Å²) in [6.45, 7) is 6.99. The van der Waals surface area contributed by atoms with Gasteiger partial charge in [-0.1, -0.05) is 32.9 Å². The van der Waals surface area contributed by atoms with Crippen molar-refractivity contribution in [1.82, 2.24) is 19.8 Å². The fraction of sp³-hybridized carbons (Fsp3) is 0.353. The smallest absolute Gasteiger partial charge is 0.178 e. The molecule has 0 spiro atoms. The van der Waals surface area contributed by atoms with Crippen LogP contribution in [0, 0.1) is 0 Å². The van der Waals surface area contributed by atoms with Gasteiger partial charge in [-0.05, 0) is 29.8 Å². The molecular formula is C17H21N5O. The Bertz CT molecular complexity index is 802. The van der Waals surface area contributed by atoms with Crippen LogP contribution < -0.4 is 10.1 Å². The third-order valence-corrected chi connectivity index (χ3v) is 3.57. The molecule has 0 aliphatic rings. The van der Waals surface area contributed by atoms with Gasteiger partial charge in [0, 0.05) is 12.0 Å². The maximum atomic E-state index is 5.17. The number of aromatic nitrogens is 4. The number of nitrogens with one attached hydrogen (secondary N) is 1. The van der Waals surface area contributed by atoms with Gasteiger partial charge >= 0.3 is 0 Å². The lowest BCUT2D eigenvalue weighted by molar-refractivity contribution is 0.414. The summed E-state index contributed by atoms with van der Waals surface area (Å²) >= 11 is 0. The Kier molecular flexibility index (Phi) is 3.90. The zero-order valence-electron chi connectivity index (χ0n) is 13.9. The number of hydrogen-bond acceptors (Lipinski definition) is 5. The Morgan fingerprint density at radius 2 is 1.78 bits per heavy atom.